The molecule has 42 heavy (non-hydrogen) atoms. The van der Waals surface area contributed by atoms with E-state index in [1.807, 2.05) is 0 Å². The molecule has 222 valence electrons. The molecule has 1 unspecified atom stereocenters. The topological polar surface area (TPSA) is 149 Å². The fourth-order valence-corrected chi connectivity index (χ4v) is 3.25. The lowest BCUT2D eigenvalue weighted by molar-refractivity contribution is -0.139. The zero-order valence-electron chi connectivity index (χ0n) is 22.0. The lowest BCUT2D eigenvalue weighted by Gasteiger charge is -2.10. The van der Waals surface area contributed by atoms with E-state index in [9.17, 15) is 27.6 Å². The van der Waals surface area contributed by atoms with Crippen molar-refractivity contribution in [2.45, 2.75) is 12.8 Å². The van der Waals surface area contributed by atoms with Gasteiger partial charge in [0.2, 0.25) is 0 Å². The van der Waals surface area contributed by atoms with E-state index in [0.29, 0.717) is 16.9 Å². The summed E-state index contributed by atoms with van der Waals surface area (Å²) in [6.45, 7) is 0.141. The Morgan fingerprint density at radius 2 is 1.31 bits per heavy atom. The molecule has 4 N–H and O–H groups in total. The summed E-state index contributed by atoms with van der Waals surface area (Å²) in [6.07, 6.45) is -3.37. The Morgan fingerprint density at radius 1 is 0.714 bits per heavy atom. The van der Waals surface area contributed by atoms with Gasteiger partial charge in [-0.2, -0.15) is 4.39 Å². The molecule has 1 atom stereocenters. The van der Waals surface area contributed by atoms with Crippen LogP contribution in [0.15, 0.2) is 72.8 Å². The zero-order chi connectivity index (χ0) is 30.5. The van der Waals surface area contributed by atoms with Gasteiger partial charge < -0.3 is 35.2 Å². The molecule has 0 aliphatic rings. The fraction of sp³-hybridized carbons (Fsp3) is 0.207. The van der Waals surface area contributed by atoms with Crippen LogP contribution >= 0.6 is 0 Å². The maximum absolute atomic E-state index is 13.0. The van der Waals surface area contributed by atoms with Gasteiger partial charge >= 0.3 is 24.3 Å². The van der Waals surface area contributed by atoms with Gasteiger partial charge in [0.05, 0.1) is 24.3 Å². The number of anilines is 2. The predicted molar refractivity (Wildman–Crippen MR) is 146 cm³/mol. The molecule has 0 bridgehead atoms. The second-order valence-electron chi connectivity index (χ2n) is 8.42. The summed E-state index contributed by atoms with van der Waals surface area (Å²) >= 11 is 0. The molecule has 3 rings (SSSR count). The number of hydrogen-bond acceptors (Lipinski definition) is 10. The first-order chi connectivity index (χ1) is 20.1. The molecule has 0 amide bonds. The summed E-state index contributed by atoms with van der Waals surface area (Å²) in [5.74, 6) is -1.89. The Hall–Kier alpha value is -5.04. The molecule has 3 aromatic rings. The van der Waals surface area contributed by atoms with Crippen molar-refractivity contribution in [3.63, 3.8) is 0 Å². The van der Waals surface area contributed by atoms with Gasteiger partial charge in [-0.15, -0.1) is 0 Å². The first-order valence-electron chi connectivity index (χ1n) is 12.4. The van der Waals surface area contributed by atoms with Crippen molar-refractivity contribution < 1.29 is 51.2 Å². The molecule has 0 aliphatic carbocycles. The highest BCUT2D eigenvalue weighted by Crippen LogP contribution is 2.20. The van der Waals surface area contributed by atoms with Gasteiger partial charge in [-0.1, -0.05) is 12.1 Å². The third-order valence-corrected chi connectivity index (χ3v) is 5.19. The SMILES string of the molecule is Nc1cc(N)cc(C(=O)OCCOCCOC(=O)/C=C/c2ccc(OC(=O)c3ccc(OC(F)C(F)F)cc3)cc2)c1. The number of esters is 3. The minimum Gasteiger partial charge on any atom is -0.460 e. The van der Waals surface area contributed by atoms with E-state index in [0.717, 1.165) is 0 Å². The second kappa shape index (κ2) is 15.7. The fourth-order valence-electron chi connectivity index (χ4n) is 3.25. The van der Waals surface area contributed by atoms with E-state index in [2.05, 4.69) is 4.74 Å². The van der Waals surface area contributed by atoms with Crippen molar-refractivity contribution in [2.24, 2.45) is 0 Å². The smallest absolute Gasteiger partial charge is 0.343 e. The highest BCUT2D eigenvalue weighted by Gasteiger charge is 2.21. The Bertz CT molecular complexity index is 1360. The quantitative estimate of drug-likeness (QED) is 0.0910. The van der Waals surface area contributed by atoms with Gasteiger partial charge in [0.15, 0.2) is 0 Å². The van der Waals surface area contributed by atoms with Crippen LogP contribution in [0, 0.1) is 0 Å². The number of halogens is 3. The number of ether oxygens (including phenoxy) is 5. The van der Waals surface area contributed by atoms with Crippen LogP contribution in [0.3, 0.4) is 0 Å². The van der Waals surface area contributed by atoms with Crippen LogP contribution < -0.4 is 20.9 Å². The lowest BCUT2D eigenvalue weighted by atomic mass is 10.2. The first-order valence-corrected chi connectivity index (χ1v) is 12.4. The third kappa shape index (κ3) is 10.5. The number of benzene rings is 3. The number of alkyl halides is 3. The van der Waals surface area contributed by atoms with Crippen LogP contribution in [-0.2, 0) is 19.0 Å². The Balaban J connectivity index is 1.32. The van der Waals surface area contributed by atoms with E-state index < -0.39 is 30.7 Å². The standard InChI is InChI=1S/C29H27F3N2O8/c30-26(31)27(32)41-23-8-4-19(5-9-23)29(37)42-24-6-1-18(2-7-24)3-10-25(35)39-13-11-38-12-14-40-28(36)20-15-21(33)17-22(34)16-20/h1-10,15-17,26-27H,11-14,33-34H2/b10-3+. The van der Waals surface area contributed by atoms with Crippen LogP contribution in [0.1, 0.15) is 26.3 Å². The van der Waals surface area contributed by atoms with E-state index in [4.69, 9.17) is 30.4 Å². The molecule has 0 spiro atoms. The van der Waals surface area contributed by atoms with Crippen molar-refractivity contribution in [3.05, 3.63) is 89.5 Å². The molecule has 0 heterocycles. The molecule has 0 radical (unpaired) electrons. The van der Waals surface area contributed by atoms with E-state index in [-0.39, 0.29) is 49.1 Å². The summed E-state index contributed by atoms with van der Waals surface area (Å²) in [5.41, 5.74) is 12.9. The van der Waals surface area contributed by atoms with Gasteiger partial charge in [-0.05, 0) is 66.2 Å². The third-order valence-electron chi connectivity index (χ3n) is 5.19. The van der Waals surface area contributed by atoms with Crippen LogP contribution in [0.2, 0.25) is 0 Å². The number of nitrogens with two attached hydrogens (primary N) is 2. The van der Waals surface area contributed by atoms with Crippen molar-refractivity contribution in [1.29, 1.82) is 0 Å². The summed E-state index contributed by atoms with van der Waals surface area (Å²) in [5, 5.41) is 0. The first kappa shape index (κ1) is 31.5. The molecule has 10 nitrogen and oxygen atoms in total. The summed E-state index contributed by atoms with van der Waals surface area (Å²) in [7, 11) is 0. The van der Waals surface area contributed by atoms with Crippen molar-refractivity contribution in [3.8, 4) is 11.5 Å². The summed E-state index contributed by atoms with van der Waals surface area (Å²) < 4.78 is 62.4. The van der Waals surface area contributed by atoms with Gasteiger partial charge in [-0.25, -0.2) is 23.2 Å². The number of carbonyl (C=O) groups is 3. The zero-order valence-corrected chi connectivity index (χ0v) is 22.0. The number of carbonyl (C=O) groups excluding carboxylic acids is 3. The maximum atomic E-state index is 13.0. The Morgan fingerprint density at radius 3 is 1.93 bits per heavy atom. The van der Waals surface area contributed by atoms with Gasteiger partial charge in [0.25, 0.3) is 6.36 Å². The highest BCUT2D eigenvalue weighted by molar-refractivity contribution is 5.92. The molecule has 3 aromatic carbocycles. The Labute approximate surface area is 238 Å². The van der Waals surface area contributed by atoms with Crippen LogP contribution in [0.4, 0.5) is 24.5 Å². The maximum Gasteiger partial charge on any atom is 0.343 e. The monoisotopic (exact) mass is 588 g/mol. The highest BCUT2D eigenvalue weighted by atomic mass is 19.3. The van der Waals surface area contributed by atoms with Crippen LogP contribution in [0.5, 0.6) is 11.5 Å². The van der Waals surface area contributed by atoms with E-state index in [1.54, 1.807) is 12.1 Å². The van der Waals surface area contributed by atoms with Crippen LogP contribution in [-0.4, -0.2) is 57.1 Å². The second-order valence-corrected chi connectivity index (χ2v) is 8.42. The minimum atomic E-state index is -3.29. The van der Waals surface area contributed by atoms with Crippen LogP contribution in [0.25, 0.3) is 6.08 Å². The molecule has 13 heteroatoms. The number of hydrogen-bond donors (Lipinski definition) is 2. The predicted octanol–water partition coefficient (Wildman–Crippen LogP) is 4.44. The van der Waals surface area contributed by atoms with Crippen molar-refractivity contribution in [1.82, 2.24) is 0 Å². The minimum absolute atomic E-state index is 0.0155. The average Bonchev–Trinajstić information content (AvgIpc) is 2.96. The van der Waals surface area contributed by atoms with Crippen molar-refractivity contribution in [2.75, 3.05) is 37.9 Å². The lowest BCUT2D eigenvalue weighted by Crippen LogP contribution is -2.19. The Kier molecular flexibility index (Phi) is 11.7. The largest absolute Gasteiger partial charge is 0.460 e. The normalized spacial score (nSPS) is 11.7. The molecule has 0 aliphatic heterocycles. The molecule has 0 aromatic heterocycles. The molecular formula is C29H27F3N2O8. The molecule has 0 fully saturated rings. The van der Waals surface area contributed by atoms with Gasteiger partial charge in [-0.3, -0.25) is 0 Å². The number of nitrogen functional groups attached to an aromatic ring is 2. The molecule has 0 saturated heterocycles. The average molecular weight is 589 g/mol. The molecule has 0 saturated carbocycles. The van der Waals surface area contributed by atoms with Crippen molar-refractivity contribution >= 4 is 35.4 Å². The summed E-state index contributed by atoms with van der Waals surface area (Å²) in [4.78, 5) is 36.2. The van der Waals surface area contributed by atoms with Gasteiger partial charge in [0, 0.05) is 17.5 Å². The summed E-state index contributed by atoms with van der Waals surface area (Å²) in [6, 6.07) is 15.4. The van der Waals surface area contributed by atoms with E-state index >= 15 is 0 Å². The molecular weight excluding hydrogens is 561 g/mol. The van der Waals surface area contributed by atoms with Gasteiger partial charge in [0.1, 0.15) is 24.7 Å². The van der Waals surface area contributed by atoms with E-state index in [1.165, 1.54) is 66.7 Å². The number of rotatable bonds is 14.